The standard InChI is InChI=1S/C16H14FNO5S/c1-21-10-7-12(17)16(18(19)20)15(8-10)24-11-3-4-13-14(9-11)23-6-2-5-22-13/h3-4,7-9H,2,5-6H2,1H3. The van der Waals surface area contributed by atoms with Crippen LogP contribution in [-0.2, 0) is 0 Å². The van der Waals surface area contributed by atoms with E-state index in [1.165, 1.54) is 13.2 Å². The highest BCUT2D eigenvalue weighted by molar-refractivity contribution is 7.99. The number of rotatable bonds is 4. The lowest BCUT2D eigenvalue weighted by Gasteiger charge is -2.10. The number of ether oxygens (including phenoxy) is 3. The highest BCUT2D eigenvalue weighted by Gasteiger charge is 2.23. The number of nitrogens with zero attached hydrogens (tertiary/aromatic N) is 1. The topological polar surface area (TPSA) is 70.8 Å². The fraction of sp³-hybridized carbons (Fsp3) is 0.250. The average molecular weight is 351 g/mol. The molecule has 0 atom stereocenters. The van der Waals surface area contributed by atoms with Gasteiger partial charge in [-0.25, -0.2) is 0 Å². The molecule has 0 aromatic heterocycles. The number of benzene rings is 2. The monoisotopic (exact) mass is 351 g/mol. The maximum Gasteiger partial charge on any atom is 0.318 e. The molecule has 8 heteroatoms. The molecule has 6 nitrogen and oxygen atoms in total. The van der Waals surface area contributed by atoms with Crippen molar-refractivity contribution < 1.29 is 23.5 Å². The number of nitro groups is 1. The van der Waals surface area contributed by atoms with Gasteiger partial charge in [-0.3, -0.25) is 10.1 Å². The highest BCUT2D eigenvalue weighted by Crippen LogP contribution is 2.42. The summed E-state index contributed by atoms with van der Waals surface area (Å²) in [6, 6.07) is 7.65. The molecule has 1 aliphatic heterocycles. The Morgan fingerprint density at radius 2 is 1.96 bits per heavy atom. The first-order valence-electron chi connectivity index (χ1n) is 7.18. The molecule has 0 amide bonds. The number of hydrogen-bond donors (Lipinski definition) is 0. The van der Waals surface area contributed by atoms with Gasteiger partial charge in [-0.15, -0.1) is 0 Å². The quantitative estimate of drug-likeness (QED) is 0.611. The predicted octanol–water partition coefficient (Wildman–Crippen LogP) is 4.06. The molecule has 0 unspecified atom stereocenters. The average Bonchev–Trinajstić information content (AvgIpc) is 2.78. The second kappa shape index (κ2) is 6.96. The van der Waals surface area contributed by atoms with Crippen molar-refractivity contribution in [1.29, 1.82) is 0 Å². The van der Waals surface area contributed by atoms with Crippen molar-refractivity contribution in [2.24, 2.45) is 0 Å². The van der Waals surface area contributed by atoms with Gasteiger partial charge in [-0.05, 0) is 18.2 Å². The van der Waals surface area contributed by atoms with Gasteiger partial charge < -0.3 is 14.2 Å². The smallest absolute Gasteiger partial charge is 0.318 e. The van der Waals surface area contributed by atoms with E-state index < -0.39 is 16.4 Å². The second-order valence-electron chi connectivity index (χ2n) is 4.97. The van der Waals surface area contributed by atoms with Crippen LogP contribution in [0.1, 0.15) is 6.42 Å². The zero-order chi connectivity index (χ0) is 17.1. The van der Waals surface area contributed by atoms with E-state index in [9.17, 15) is 14.5 Å². The molecule has 0 saturated carbocycles. The Bertz CT molecular complexity index is 783. The first-order valence-corrected chi connectivity index (χ1v) is 7.99. The first-order chi connectivity index (χ1) is 11.6. The van der Waals surface area contributed by atoms with Crippen molar-refractivity contribution in [3.8, 4) is 17.2 Å². The van der Waals surface area contributed by atoms with Crippen molar-refractivity contribution in [2.45, 2.75) is 16.2 Å². The van der Waals surface area contributed by atoms with Crippen molar-refractivity contribution in [2.75, 3.05) is 20.3 Å². The van der Waals surface area contributed by atoms with Crippen LogP contribution in [0.5, 0.6) is 17.2 Å². The highest BCUT2D eigenvalue weighted by atomic mass is 32.2. The van der Waals surface area contributed by atoms with Gasteiger partial charge in [0, 0.05) is 23.4 Å². The second-order valence-corrected chi connectivity index (χ2v) is 6.09. The summed E-state index contributed by atoms with van der Waals surface area (Å²) in [6.45, 7) is 1.11. The summed E-state index contributed by atoms with van der Waals surface area (Å²) in [4.78, 5) is 11.3. The van der Waals surface area contributed by atoms with Crippen LogP contribution < -0.4 is 14.2 Å². The van der Waals surface area contributed by atoms with Crippen LogP contribution in [0.2, 0.25) is 0 Å². The molecule has 1 aliphatic rings. The van der Waals surface area contributed by atoms with Crippen LogP contribution in [0.3, 0.4) is 0 Å². The van der Waals surface area contributed by atoms with E-state index in [-0.39, 0.29) is 10.6 Å². The maximum atomic E-state index is 14.0. The summed E-state index contributed by atoms with van der Waals surface area (Å²) >= 11 is 1.07. The van der Waals surface area contributed by atoms with Crippen molar-refractivity contribution in [1.82, 2.24) is 0 Å². The molecule has 24 heavy (non-hydrogen) atoms. The van der Waals surface area contributed by atoms with Crippen LogP contribution in [0.25, 0.3) is 0 Å². The lowest BCUT2D eigenvalue weighted by molar-refractivity contribution is -0.390. The summed E-state index contributed by atoms with van der Waals surface area (Å²) in [5.41, 5.74) is -0.576. The molecule has 3 rings (SSSR count). The van der Waals surface area contributed by atoms with E-state index >= 15 is 0 Å². The summed E-state index contributed by atoms with van der Waals surface area (Å²) < 4.78 is 30.1. The van der Waals surface area contributed by atoms with Gasteiger partial charge in [-0.2, -0.15) is 4.39 Å². The summed E-state index contributed by atoms with van der Waals surface area (Å²) in [5, 5.41) is 11.2. The Balaban J connectivity index is 1.97. The first kappa shape index (κ1) is 16.4. The Morgan fingerprint density at radius 3 is 2.67 bits per heavy atom. The van der Waals surface area contributed by atoms with Crippen LogP contribution in [0.4, 0.5) is 10.1 Å². The lowest BCUT2D eigenvalue weighted by atomic mass is 10.3. The third kappa shape index (κ3) is 3.38. The van der Waals surface area contributed by atoms with Crippen LogP contribution >= 0.6 is 11.8 Å². The third-order valence-electron chi connectivity index (χ3n) is 3.37. The number of hydrogen-bond acceptors (Lipinski definition) is 6. The van der Waals surface area contributed by atoms with Gasteiger partial charge in [0.05, 0.1) is 30.1 Å². The van der Waals surface area contributed by atoms with Crippen molar-refractivity contribution in [3.63, 3.8) is 0 Å². The summed E-state index contributed by atoms with van der Waals surface area (Å²) in [5.74, 6) is 0.484. The van der Waals surface area contributed by atoms with Gasteiger partial charge in [0.15, 0.2) is 11.5 Å². The number of halogens is 1. The van der Waals surface area contributed by atoms with Gasteiger partial charge in [0.1, 0.15) is 5.75 Å². The summed E-state index contributed by atoms with van der Waals surface area (Å²) in [6.07, 6.45) is 0.781. The zero-order valence-electron chi connectivity index (χ0n) is 12.8. The number of nitro benzene ring substituents is 1. The minimum atomic E-state index is -0.934. The molecule has 0 fully saturated rings. The van der Waals surface area contributed by atoms with Crippen molar-refractivity contribution in [3.05, 3.63) is 46.3 Å². The molecule has 2 aromatic carbocycles. The molecule has 0 saturated heterocycles. The minimum Gasteiger partial charge on any atom is -0.497 e. The fourth-order valence-corrected chi connectivity index (χ4v) is 3.26. The third-order valence-corrected chi connectivity index (χ3v) is 4.39. The van der Waals surface area contributed by atoms with E-state index in [0.717, 1.165) is 24.2 Å². The van der Waals surface area contributed by atoms with Crippen LogP contribution in [0, 0.1) is 15.9 Å². The maximum absolute atomic E-state index is 14.0. The Hall–Kier alpha value is -2.48. The fourth-order valence-electron chi connectivity index (χ4n) is 2.26. The van der Waals surface area contributed by atoms with E-state index in [1.54, 1.807) is 18.2 Å². The van der Waals surface area contributed by atoms with Crippen molar-refractivity contribution >= 4 is 17.4 Å². The number of fused-ring (bicyclic) bond motifs is 1. The van der Waals surface area contributed by atoms with Crippen LogP contribution in [-0.4, -0.2) is 25.2 Å². The molecule has 0 bridgehead atoms. The van der Waals surface area contributed by atoms with Gasteiger partial charge in [0.25, 0.3) is 0 Å². The molecule has 0 spiro atoms. The van der Waals surface area contributed by atoms with E-state index in [1.807, 2.05) is 0 Å². The number of methoxy groups -OCH3 is 1. The Morgan fingerprint density at radius 1 is 1.21 bits per heavy atom. The Kier molecular flexibility index (Phi) is 4.75. The van der Waals surface area contributed by atoms with E-state index in [2.05, 4.69) is 0 Å². The van der Waals surface area contributed by atoms with E-state index in [4.69, 9.17) is 14.2 Å². The molecular formula is C16H14FNO5S. The zero-order valence-corrected chi connectivity index (χ0v) is 13.6. The SMILES string of the molecule is COc1cc(F)c([N+](=O)[O-])c(Sc2ccc3c(c2)OCCCO3)c1. The molecule has 1 heterocycles. The van der Waals surface area contributed by atoms with Gasteiger partial charge >= 0.3 is 5.69 Å². The molecule has 126 valence electrons. The molecule has 0 N–H and O–H groups in total. The molecule has 0 radical (unpaired) electrons. The normalized spacial score (nSPS) is 13.2. The molecular weight excluding hydrogens is 337 g/mol. The lowest BCUT2D eigenvalue weighted by Crippen LogP contribution is -1.97. The minimum absolute atomic E-state index is 0.159. The van der Waals surface area contributed by atoms with Gasteiger partial charge in [0.2, 0.25) is 5.82 Å². The molecule has 0 aliphatic carbocycles. The van der Waals surface area contributed by atoms with E-state index in [0.29, 0.717) is 29.6 Å². The van der Waals surface area contributed by atoms with Crippen LogP contribution in [0.15, 0.2) is 40.1 Å². The molecule has 2 aromatic rings. The van der Waals surface area contributed by atoms with Gasteiger partial charge in [-0.1, -0.05) is 11.8 Å². The predicted molar refractivity (Wildman–Crippen MR) is 85.8 cm³/mol. The Labute approximate surface area is 141 Å². The largest absolute Gasteiger partial charge is 0.497 e. The summed E-state index contributed by atoms with van der Waals surface area (Å²) in [7, 11) is 1.38.